The molecule has 1 aromatic carbocycles. The van der Waals surface area contributed by atoms with Crippen molar-refractivity contribution in [3.8, 4) is 0 Å². The summed E-state index contributed by atoms with van der Waals surface area (Å²) in [6, 6.07) is 5.09. The number of halogens is 2. The zero-order valence-electron chi connectivity index (χ0n) is 12.2. The van der Waals surface area contributed by atoms with E-state index in [9.17, 15) is 13.2 Å². The van der Waals surface area contributed by atoms with Crippen LogP contribution in [0.2, 0.25) is 10.0 Å². The summed E-state index contributed by atoms with van der Waals surface area (Å²) in [5.41, 5.74) is 0.841. The Morgan fingerprint density at radius 3 is 2.77 bits per heavy atom. The zero-order valence-corrected chi connectivity index (χ0v) is 14.5. The highest BCUT2D eigenvalue weighted by Crippen LogP contribution is 2.26. The van der Waals surface area contributed by atoms with Gasteiger partial charge in [0.1, 0.15) is 0 Å². The second-order valence-electron chi connectivity index (χ2n) is 5.55. The smallest absolute Gasteiger partial charge is 0.234 e. The second-order valence-corrected chi connectivity index (χ2v) is 8.57. The molecule has 0 spiro atoms. The summed E-state index contributed by atoms with van der Waals surface area (Å²) in [5, 5.41) is 3.72. The number of hydrogen-bond donors (Lipinski definition) is 1. The van der Waals surface area contributed by atoms with Gasteiger partial charge >= 0.3 is 0 Å². The Labute approximate surface area is 140 Å². The molecule has 8 heteroatoms. The van der Waals surface area contributed by atoms with Gasteiger partial charge in [-0.25, -0.2) is 8.42 Å². The molecule has 1 atom stereocenters. The van der Waals surface area contributed by atoms with Gasteiger partial charge in [0.2, 0.25) is 5.91 Å². The average Bonchev–Trinajstić information content (AvgIpc) is 2.74. The topological polar surface area (TPSA) is 66.5 Å². The molecule has 0 bridgehead atoms. The lowest BCUT2D eigenvalue weighted by molar-refractivity contribution is -0.122. The molecule has 1 aromatic rings. The lowest BCUT2D eigenvalue weighted by Crippen LogP contribution is -2.41. The lowest BCUT2D eigenvalue weighted by Gasteiger charge is -2.19. The largest absolute Gasteiger partial charge is 0.351 e. The van der Waals surface area contributed by atoms with Crippen LogP contribution in [0.15, 0.2) is 18.2 Å². The molecule has 5 nitrogen and oxygen atoms in total. The number of carbonyl (C=O) groups is 1. The number of hydrogen-bond acceptors (Lipinski definition) is 4. The van der Waals surface area contributed by atoms with Crippen LogP contribution in [0, 0.1) is 0 Å². The maximum Gasteiger partial charge on any atom is 0.234 e. The van der Waals surface area contributed by atoms with Crippen molar-refractivity contribution in [2.45, 2.75) is 19.0 Å². The first-order valence-electron chi connectivity index (χ1n) is 6.88. The van der Waals surface area contributed by atoms with Gasteiger partial charge in [0.05, 0.1) is 28.1 Å². The quantitative estimate of drug-likeness (QED) is 0.863. The van der Waals surface area contributed by atoms with E-state index >= 15 is 0 Å². The molecule has 1 saturated heterocycles. The molecule has 0 saturated carbocycles. The second kappa shape index (κ2) is 7.17. The molecule has 0 aromatic heterocycles. The van der Waals surface area contributed by atoms with E-state index in [1.165, 1.54) is 0 Å². The van der Waals surface area contributed by atoms with Gasteiger partial charge in [-0.05, 0) is 25.1 Å². The number of carbonyl (C=O) groups excluding carboxylic acids is 1. The molecule has 2 rings (SSSR count). The molecule has 122 valence electrons. The van der Waals surface area contributed by atoms with E-state index in [-0.39, 0.29) is 30.0 Å². The highest BCUT2D eigenvalue weighted by Gasteiger charge is 2.28. The Balaban J connectivity index is 1.85. The fourth-order valence-electron chi connectivity index (χ4n) is 2.44. The van der Waals surface area contributed by atoms with Gasteiger partial charge in [0, 0.05) is 12.6 Å². The van der Waals surface area contributed by atoms with Gasteiger partial charge in [-0.3, -0.25) is 9.69 Å². The minimum Gasteiger partial charge on any atom is -0.351 e. The number of sulfone groups is 1. The number of benzene rings is 1. The summed E-state index contributed by atoms with van der Waals surface area (Å²) in [6.45, 7) is 0.648. The highest BCUT2D eigenvalue weighted by atomic mass is 35.5. The van der Waals surface area contributed by atoms with Gasteiger partial charge < -0.3 is 5.32 Å². The summed E-state index contributed by atoms with van der Waals surface area (Å²) in [5.74, 6) is -0.0168. The van der Waals surface area contributed by atoms with Crippen molar-refractivity contribution in [1.82, 2.24) is 10.2 Å². The van der Waals surface area contributed by atoms with E-state index in [4.69, 9.17) is 23.2 Å². The van der Waals surface area contributed by atoms with Gasteiger partial charge in [0.15, 0.2) is 9.84 Å². The molecule has 1 amide bonds. The molecular weight excluding hydrogens is 347 g/mol. The van der Waals surface area contributed by atoms with Crippen LogP contribution in [-0.4, -0.2) is 50.4 Å². The summed E-state index contributed by atoms with van der Waals surface area (Å²) < 4.78 is 22.7. The maximum atomic E-state index is 12.0. The third kappa shape index (κ3) is 4.84. The molecule has 1 aliphatic rings. The van der Waals surface area contributed by atoms with Crippen LogP contribution in [0.4, 0.5) is 0 Å². The van der Waals surface area contributed by atoms with Crippen molar-refractivity contribution in [3.63, 3.8) is 0 Å². The average molecular weight is 365 g/mol. The fourth-order valence-corrected chi connectivity index (χ4v) is 4.50. The van der Waals surface area contributed by atoms with Crippen LogP contribution in [0.25, 0.3) is 0 Å². The zero-order chi connectivity index (χ0) is 16.3. The molecule has 1 aliphatic heterocycles. The van der Waals surface area contributed by atoms with Crippen LogP contribution >= 0.6 is 23.2 Å². The molecule has 0 radical (unpaired) electrons. The van der Waals surface area contributed by atoms with E-state index in [0.29, 0.717) is 23.0 Å². The van der Waals surface area contributed by atoms with Crippen LogP contribution in [0.3, 0.4) is 0 Å². The van der Waals surface area contributed by atoms with Gasteiger partial charge in [0.25, 0.3) is 0 Å². The number of likely N-dealkylation sites (N-methyl/N-ethyl adjacent to an activating group) is 1. The Kier molecular flexibility index (Phi) is 5.71. The van der Waals surface area contributed by atoms with Crippen LogP contribution in [0.5, 0.6) is 0 Å². The Hall–Kier alpha value is -0.820. The van der Waals surface area contributed by atoms with Crippen LogP contribution in [-0.2, 0) is 21.2 Å². The Morgan fingerprint density at radius 1 is 1.41 bits per heavy atom. The van der Waals surface area contributed by atoms with Crippen LogP contribution < -0.4 is 5.32 Å². The fraction of sp³-hybridized carbons (Fsp3) is 0.500. The lowest BCUT2D eigenvalue weighted by atomic mass is 10.2. The third-order valence-corrected chi connectivity index (χ3v) is 6.11. The van der Waals surface area contributed by atoms with Crippen molar-refractivity contribution >= 4 is 38.9 Å². The van der Waals surface area contributed by atoms with Crippen molar-refractivity contribution < 1.29 is 13.2 Å². The molecule has 22 heavy (non-hydrogen) atoms. The Bertz CT molecular complexity index is 664. The van der Waals surface area contributed by atoms with Gasteiger partial charge in [-0.15, -0.1) is 0 Å². The van der Waals surface area contributed by atoms with E-state index in [1.807, 2.05) is 6.07 Å². The highest BCUT2D eigenvalue weighted by molar-refractivity contribution is 7.91. The SMILES string of the molecule is CN(CC(=O)NC1CCS(=O)(=O)C1)Cc1cccc(Cl)c1Cl. The summed E-state index contributed by atoms with van der Waals surface area (Å²) in [6.07, 6.45) is 0.484. The number of amides is 1. The number of nitrogens with zero attached hydrogens (tertiary/aromatic N) is 1. The molecule has 0 aliphatic carbocycles. The van der Waals surface area contributed by atoms with Crippen LogP contribution in [0.1, 0.15) is 12.0 Å². The maximum absolute atomic E-state index is 12.0. The van der Waals surface area contributed by atoms with Crippen molar-refractivity contribution in [1.29, 1.82) is 0 Å². The third-order valence-electron chi connectivity index (χ3n) is 3.48. The minimum absolute atomic E-state index is 0.0303. The molecule has 1 fully saturated rings. The molecular formula is C14H18Cl2N2O3S. The summed E-state index contributed by atoms with van der Waals surface area (Å²) in [4.78, 5) is 13.8. The van der Waals surface area contributed by atoms with Gasteiger partial charge in [-0.2, -0.15) is 0 Å². The minimum atomic E-state index is -2.99. The monoisotopic (exact) mass is 364 g/mol. The normalized spacial score (nSPS) is 20.3. The Morgan fingerprint density at radius 2 is 2.14 bits per heavy atom. The number of rotatable bonds is 5. The predicted molar refractivity (Wildman–Crippen MR) is 88.0 cm³/mol. The molecule has 1 heterocycles. The summed E-state index contributed by atoms with van der Waals surface area (Å²) >= 11 is 12.1. The predicted octanol–water partition coefficient (Wildman–Crippen LogP) is 1.73. The number of nitrogens with one attached hydrogen (secondary N) is 1. The van der Waals surface area contributed by atoms with E-state index in [0.717, 1.165) is 5.56 Å². The van der Waals surface area contributed by atoms with E-state index < -0.39 is 9.84 Å². The van der Waals surface area contributed by atoms with Crippen molar-refractivity contribution in [2.24, 2.45) is 0 Å². The molecule has 1 N–H and O–H groups in total. The standard InChI is InChI=1S/C14H18Cl2N2O3S/c1-18(7-10-3-2-4-12(15)14(10)16)8-13(19)17-11-5-6-22(20,21)9-11/h2-4,11H,5-9H2,1H3,(H,17,19). The van der Waals surface area contributed by atoms with E-state index in [1.54, 1.807) is 24.1 Å². The van der Waals surface area contributed by atoms with Crippen molar-refractivity contribution in [2.75, 3.05) is 25.1 Å². The molecule has 1 unspecified atom stereocenters. The first-order valence-corrected chi connectivity index (χ1v) is 9.46. The van der Waals surface area contributed by atoms with Gasteiger partial charge in [-0.1, -0.05) is 35.3 Å². The first-order chi connectivity index (χ1) is 10.3. The van der Waals surface area contributed by atoms with E-state index in [2.05, 4.69) is 5.32 Å². The first kappa shape index (κ1) is 17.5. The van der Waals surface area contributed by atoms with Crippen molar-refractivity contribution in [3.05, 3.63) is 33.8 Å². The summed E-state index contributed by atoms with van der Waals surface area (Å²) in [7, 11) is -1.20.